The van der Waals surface area contributed by atoms with E-state index in [0.717, 1.165) is 65.9 Å². The molecule has 2 aliphatic heterocycles. The van der Waals surface area contributed by atoms with E-state index in [1.54, 1.807) is 48.5 Å². The first-order valence-corrected chi connectivity index (χ1v) is 32.7. The van der Waals surface area contributed by atoms with Crippen LogP contribution in [-0.2, 0) is 71.0 Å². The zero-order valence-corrected chi connectivity index (χ0v) is 52.2. The molecule has 0 saturated carbocycles. The van der Waals surface area contributed by atoms with Crippen molar-refractivity contribution in [2.75, 3.05) is 172 Å². The van der Waals surface area contributed by atoms with Crippen LogP contribution in [0.5, 0.6) is 0 Å². The maximum Gasteiger partial charge on any atom is 0.240 e. The lowest BCUT2D eigenvalue weighted by molar-refractivity contribution is 0.00761. The Morgan fingerprint density at radius 3 is 1.26 bits per heavy atom. The van der Waals surface area contributed by atoms with Gasteiger partial charge in [-0.05, 0) is 128 Å². The Hall–Kier alpha value is -2.62. The van der Waals surface area contributed by atoms with E-state index in [1.807, 2.05) is 38.4 Å². The van der Waals surface area contributed by atoms with Crippen LogP contribution in [0, 0.1) is 5.92 Å². The molecule has 4 N–H and O–H groups in total. The van der Waals surface area contributed by atoms with Crippen LogP contribution in [0.2, 0.25) is 20.1 Å². The summed E-state index contributed by atoms with van der Waals surface area (Å²) in [7, 11) is -3.54. The largest absolute Gasteiger partial charge is 0.379 e. The molecular formula is C58H84Cl4N6O12S2. The first-order valence-electron chi connectivity index (χ1n) is 28.2. The van der Waals surface area contributed by atoms with Crippen LogP contribution in [0.3, 0.4) is 0 Å². The molecule has 0 aliphatic carbocycles. The van der Waals surface area contributed by atoms with E-state index in [-0.39, 0.29) is 47.9 Å². The number of ether oxygens (including phenoxy) is 8. The highest BCUT2D eigenvalue weighted by molar-refractivity contribution is 7.89. The summed E-state index contributed by atoms with van der Waals surface area (Å²) in [6.07, 6.45) is 1.65. The van der Waals surface area contributed by atoms with E-state index in [9.17, 15) is 16.8 Å². The molecule has 2 heterocycles. The number of hydrogen-bond donors (Lipinski definition) is 4. The smallest absolute Gasteiger partial charge is 0.240 e. The third kappa shape index (κ3) is 23.6. The van der Waals surface area contributed by atoms with Crippen molar-refractivity contribution in [3.8, 4) is 0 Å². The molecule has 0 bridgehead atoms. The molecule has 0 spiro atoms. The zero-order valence-electron chi connectivity index (χ0n) is 47.6. The highest BCUT2D eigenvalue weighted by Crippen LogP contribution is 2.40. The second-order valence-corrected chi connectivity index (χ2v) is 25.5. The van der Waals surface area contributed by atoms with Gasteiger partial charge in [0.25, 0.3) is 0 Å². The summed E-state index contributed by atoms with van der Waals surface area (Å²) in [6.45, 7) is 15.1. The molecule has 18 nitrogen and oxygen atoms in total. The molecule has 0 unspecified atom stereocenters. The van der Waals surface area contributed by atoms with Gasteiger partial charge >= 0.3 is 0 Å². The maximum atomic E-state index is 13.3. The fourth-order valence-corrected chi connectivity index (χ4v) is 13.0. The molecule has 82 heavy (non-hydrogen) atoms. The SMILES string of the molecule is CCNCCOCCOCCNCC(CCOCCOCCOCCNS(=O)(=O)c1cccc([C@@H]2CN(C)Cc3c(Cl)cc(Cl)cc32)c1)CCOCCOCCOCCNS(=O)(=O)c1cccc([C@@H]2CN(C)Cc3c(Cl)cc(Cl)cc32)c1. The molecule has 4 aromatic carbocycles. The van der Waals surface area contributed by atoms with E-state index in [4.69, 9.17) is 84.3 Å². The summed E-state index contributed by atoms with van der Waals surface area (Å²) in [6, 6.07) is 21.3. The van der Waals surface area contributed by atoms with E-state index in [1.165, 1.54) is 0 Å². The predicted octanol–water partition coefficient (Wildman–Crippen LogP) is 7.44. The van der Waals surface area contributed by atoms with Crippen molar-refractivity contribution in [2.24, 2.45) is 5.92 Å². The minimum Gasteiger partial charge on any atom is -0.379 e. The van der Waals surface area contributed by atoms with E-state index in [2.05, 4.69) is 36.8 Å². The fourth-order valence-electron chi connectivity index (χ4n) is 9.75. The van der Waals surface area contributed by atoms with Crippen LogP contribution in [0.25, 0.3) is 0 Å². The van der Waals surface area contributed by atoms with Crippen molar-refractivity contribution in [1.82, 2.24) is 29.9 Å². The Balaban J connectivity index is 0.800. The number of sulfonamides is 2. The number of hydrogen-bond acceptors (Lipinski definition) is 16. The Labute approximate surface area is 506 Å². The van der Waals surface area contributed by atoms with Gasteiger partial charge in [0.05, 0.1) is 102 Å². The highest BCUT2D eigenvalue weighted by atomic mass is 35.5. The minimum absolute atomic E-state index is 0.0846. The van der Waals surface area contributed by atoms with Crippen molar-refractivity contribution < 1.29 is 54.7 Å². The monoisotopic (exact) mass is 1260 g/mol. The Morgan fingerprint density at radius 2 is 0.854 bits per heavy atom. The highest BCUT2D eigenvalue weighted by Gasteiger charge is 2.30. The van der Waals surface area contributed by atoms with Gasteiger partial charge in [-0.3, -0.25) is 0 Å². The van der Waals surface area contributed by atoms with Crippen molar-refractivity contribution in [2.45, 2.75) is 54.5 Å². The standard InChI is InChI=1S/C58H84Cl4N6O12S2/c1-4-63-13-19-75-25-26-76-20-14-64-39-44(11-17-73-23-29-79-31-27-77-21-15-65-81(69,70)49-9-5-7-45(33-49)53-40-67(2)42-55-51(53)35-47(59)37-57(55)61)12-18-74-24-30-80-32-28-78-22-16-66-82(71,72)50-10-6-8-46(34-50)54-41-68(3)43-56-52(54)36-48(60)38-58(56)62/h5-10,33-38,44,53-54,63-66H,4,11-32,39-43H2,1-3H3/t53-,54-/m0/s1. The van der Waals surface area contributed by atoms with Crippen LogP contribution in [0.4, 0.5) is 0 Å². The third-order valence-corrected chi connectivity index (χ3v) is 18.0. The van der Waals surface area contributed by atoms with E-state index in [0.29, 0.717) is 151 Å². The van der Waals surface area contributed by atoms with E-state index < -0.39 is 20.0 Å². The minimum atomic E-state index is -3.78. The van der Waals surface area contributed by atoms with Crippen LogP contribution >= 0.6 is 46.4 Å². The number of rotatable bonds is 42. The Bertz CT molecular complexity index is 2590. The van der Waals surface area contributed by atoms with Crippen LogP contribution < -0.4 is 20.1 Å². The lowest BCUT2D eigenvalue weighted by Gasteiger charge is -2.33. The van der Waals surface area contributed by atoms with Crippen LogP contribution in [0.15, 0.2) is 82.6 Å². The Kier molecular flexibility index (Phi) is 31.0. The van der Waals surface area contributed by atoms with E-state index >= 15 is 0 Å². The molecule has 0 radical (unpaired) electrons. The lowest BCUT2D eigenvalue weighted by atomic mass is 9.85. The number of nitrogens with one attached hydrogen (secondary N) is 4. The number of likely N-dealkylation sites (N-methyl/N-ethyl adjacent to an activating group) is 3. The summed E-state index contributed by atoms with van der Waals surface area (Å²) in [4.78, 5) is 4.69. The molecular weight excluding hydrogens is 1180 g/mol. The van der Waals surface area contributed by atoms with Crippen molar-refractivity contribution >= 4 is 66.5 Å². The molecule has 458 valence electrons. The normalized spacial score (nSPS) is 16.0. The lowest BCUT2D eigenvalue weighted by Crippen LogP contribution is -2.31. The summed E-state index contributed by atoms with van der Waals surface area (Å²) < 4.78 is 104. The molecule has 6 rings (SSSR count). The molecule has 0 aromatic heterocycles. The molecule has 0 fully saturated rings. The quantitative estimate of drug-likeness (QED) is 0.0319. The van der Waals surface area contributed by atoms with Crippen molar-refractivity contribution in [3.63, 3.8) is 0 Å². The molecule has 0 amide bonds. The maximum absolute atomic E-state index is 13.3. The second kappa shape index (κ2) is 37.2. The molecule has 2 atom stereocenters. The van der Waals surface area contributed by atoms with Gasteiger partial charge in [0.2, 0.25) is 20.0 Å². The van der Waals surface area contributed by atoms with Crippen LogP contribution in [-0.4, -0.2) is 199 Å². The Morgan fingerprint density at radius 1 is 0.488 bits per heavy atom. The summed E-state index contributed by atoms with van der Waals surface area (Å²) >= 11 is 25.9. The molecule has 2 aliphatic rings. The van der Waals surface area contributed by atoms with Crippen LogP contribution in [0.1, 0.15) is 65.0 Å². The van der Waals surface area contributed by atoms with Gasteiger partial charge in [0.1, 0.15) is 0 Å². The number of benzene rings is 4. The topological polar surface area (TPSA) is 197 Å². The number of nitrogens with zero attached hydrogens (tertiary/aromatic N) is 2. The number of fused-ring (bicyclic) bond motifs is 2. The second-order valence-electron chi connectivity index (χ2n) is 20.3. The summed E-state index contributed by atoms with van der Waals surface area (Å²) in [5.74, 6) is 0.129. The van der Waals surface area contributed by atoms with Gasteiger partial charge in [-0.2, -0.15) is 0 Å². The average molecular weight is 1260 g/mol. The third-order valence-electron chi connectivity index (χ3n) is 13.9. The summed E-state index contributed by atoms with van der Waals surface area (Å²) in [5.41, 5.74) is 5.76. The van der Waals surface area contributed by atoms with Gasteiger partial charge in [0, 0.05) is 97.5 Å². The van der Waals surface area contributed by atoms with Gasteiger partial charge in [-0.25, -0.2) is 26.3 Å². The van der Waals surface area contributed by atoms with Gasteiger partial charge in [-0.1, -0.05) is 77.6 Å². The number of halogens is 4. The first-order chi connectivity index (χ1) is 39.6. The zero-order chi connectivity index (χ0) is 58.6. The van der Waals surface area contributed by atoms with Crippen molar-refractivity contribution in [1.29, 1.82) is 0 Å². The molecule has 4 aromatic rings. The first kappa shape index (κ1) is 68.5. The molecule has 24 heteroatoms. The summed E-state index contributed by atoms with van der Waals surface area (Å²) in [5, 5.41) is 9.05. The van der Waals surface area contributed by atoms with Gasteiger partial charge < -0.3 is 58.3 Å². The molecule has 0 saturated heterocycles. The predicted molar refractivity (Wildman–Crippen MR) is 323 cm³/mol. The average Bonchev–Trinajstić information content (AvgIpc) is 3.42. The fraction of sp³-hybridized carbons (Fsp3) is 0.586. The van der Waals surface area contributed by atoms with Gasteiger partial charge in [0.15, 0.2) is 0 Å². The van der Waals surface area contributed by atoms with Gasteiger partial charge in [-0.15, -0.1) is 0 Å². The van der Waals surface area contributed by atoms with Crippen molar-refractivity contribution in [3.05, 3.63) is 126 Å².